The molecule has 5 nitrogen and oxygen atoms in total. The molecule has 1 aliphatic rings. The molecule has 0 atom stereocenters. The van der Waals surface area contributed by atoms with Crippen LogP contribution in [0.1, 0.15) is 21.5 Å². The molecule has 1 N–H and O–H groups in total. The zero-order valence-corrected chi connectivity index (χ0v) is 14.6. The summed E-state index contributed by atoms with van der Waals surface area (Å²) in [5, 5.41) is 9.06. The lowest BCUT2D eigenvalue weighted by atomic mass is 10.1. The van der Waals surface area contributed by atoms with Crippen molar-refractivity contribution >= 4 is 18.1 Å². The summed E-state index contributed by atoms with van der Waals surface area (Å²) in [6.07, 6.45) is 3.86. The minimum absolute atomic E-state index is 0.285. The summed E-state index contributed by atoms with van der Waals surface area (Å²) in [6, 6.07) is 14.7. The van der Waals surface area contributed by atoms with Crippen molar-refractivity contribution in [1.82, 2.24) is 4.90 Å². The van der Waals surface area contributed by atoms with Gasteiger partial charge in [0.25, 0.3) is 0 Å². The van der Waals surface area contributed by atoms with Crippen LogP contribution in [0.2, 0.25) is 0 Å². The van der Waals surface area contributed by atoms with Gasteiger partial charge in [-0.1, -0.05) is 36.4 Å². The molecule has 0 amide bonds. The number of carboxylic acid groups (broad SMARTS) is 1. The van der Waals surface area contributed by atoms with Gasteiger partial charge in [0.05, 0.1) is 18.8 Å². The molecule has 0 radical (unpaired) electrons. The predicted molar refractivity (Wildman–Crippen MR) is 102 cm³/mol. The largest absolute Gasteiger partial charge is 0.492 e. The van der Waals surface area contributed by atoms with Gasteiger partial charge in [0.1, 0.15) is 12.4 Å². The van der Waals surface area contributed by atoms with E-state index in [9.17, 15) is 4.79 Å². The van der Waals surface area contributed by atoms with E-state index in [4.69, 9.17) is 14.6 Å². The average molecular weight is 353 g/mol. The third-order valence-electron chi connectivity index (χ3n) is 4.24. The minimum atomic E-state index is -0.920. The van der Waals surface area contributed by atoms with Crippen molar-refractivity contribution in [1.29, 1.82) is 0 Å². The van der Waals surface area contributed by atoms with Crippen molar-refractivity contribution in [3.8, 4) is 5.75 Å². The third-order valence-corrected chi connectivity index (χ3v) is 4.24. The lowest BCUT2D eigenvalue weighted by Gasteiger charge is -2.26. The van der Waals surface area contributed by atoms with Crippen LogP contribution in [0.25, 0.3) is 12.2 Å². The predicted octanol–water partition coefficient (Wildman–Crippen LogP) is 3.27. The van der Waals surface area contributed by atoms with Gasteiger partial charge < -0.3 is 14.6 Å². The van der Waals surface area contributed by atoms with Gasteiger partial charge in [-0.3, -0.25) is 4.90 Å². The number of hydrogen-bond acceptors (Lipinski definition) is 4. The first-order valence-electron chi connectivity index (χ1n) is 8.75. The molecule has 5 heteroatoms. The molecule has 136 valence electrons. The highest BCUT2D eigenvalue weighted by molar-refractivity contribution is 5.88. The van der Waals surface area contributed by atoms with E-state index in [1.807, 2.05) is 42.5 Å². The highest BCUT2D eigenvalue weighted by Gasteiger charge is 2.09. The average Bonchev–Trinajstić information content (AvgIpc) is 2.68. The number of ether oxygens (including phenoxy) is 2. The Morgan fingerprint density at radius 2 is 1.77 bits per heavy atom. The lowest BCUT2D eigenvalue weighted by molar-refractivity contribution is 0.0322. The first kappa shape index (κ1) is 18.2. The Bertz CT molecular complexity index is 766. The van der Waals surface area contributed by atoms with E-state index in [2.05, 4.69) is 4.90 Å². The van der Waals surface area contributed by atoms with Crippen molar-refractivity contribution in [3.05, 3.63) is 65.2 Å². The van der Waals surface area contributed by atoms with Crippen molar-refractivity contribution in [2.45, 2.75) is 0 Å². The van der Waals surface area contributed by atoms with E-state index in [1.54, 1.807) is 18.2 Å². The first-order chi connectivity index (χ1) is 12.7. The van der Waals surface area contributed by atoms with Crippen molar-refractivity contribution in [3.63, 3.8) is 0 Å². The minimum Gasteiger partial charge on any atom is -0.492 e. The Balaban J connectivity index is 1.56. The Morgan fingerprint density at radius 1 is 1.08 bits per heavy atom. The van der Waals surface area contributed by atoms with Crippen LogP contribution < -0.4 is 4.74 Å². The maximum Gasteiger partial charge on any atom is 0.335 e. The van der Waals surface area contributed by atoms with E-state index in [0.717, 1.165) is 49.7 Å². The fourth-order valence-corrected chi connectivity index (χ4v) is 2.79. The number of nitrogens with zero attached hydrogens (tertiary/aromatic N) is 1. The molecule has 0 spiro atoms. The van der Waals surface area contributed by atoms with E-state index in [0.29, 0.717) is 6.61 Å². The summed E-state index contributed by atoms with van der Waals surface area (Å²) in [4.78, 5) is 13.4. The van der Waals surface area contributed by atoms with Crippen LogP contribution in [0.15, 0.2) is 48.5 Å². The first-order valence-corrected chi connectivity index (χ1v) is 8.75. The number of rotatable bonds is 7. The lowest BCUT2D eigenvalue weighted by Crippen LogP contribution is -2.38. The Morgan fingerprint density at radius 3 is 2.50 bits per heavy atom. The number of benzene rings is 2. The zero-order valence-electron chi connectivity index (χ0n) is 14.6. The van der Waals surface area contributed by atoms with Gasteiger partial charge in [0.2, 0.25) is 0 Å². The van der Waals surface area contributed by atoms with E-state index in [1.165, 1.54) is 0 Å². The topological polar surface area (TPSA) is 59.0 Å². The van der Waals surface area contributed by atoms with E-state index >= 15 is 0 Å². The maximum absolute atomic E-state index is 11.0. The molecule has 1 aliphatic heterocycles. The quantitative estimate of drug-likeness (QED) is 0.774. The van der Waals surface area contributed by atoms with Crippen LogP contribution >= 0.6 is 0 Å². The zero-order chi connectivity index (χ0) is 18.2. The van der Waals surface area contributed by atoms with Gasteiger partial charge in [0, 0.05) is 19.6 Å². The van der Waals surface area contributed by atoms with Crippen LogP contribution in [0.3, 0.4) is 0 Å². The number of hydrogen-bond donors (Lipinski definition) is 1. The van der Waals surface area contributed by atoms with Gasteiger partial charge in [-0.2, -0.15) is 0 Å². The molecule has 2 aromatic carbocycles. The molecule has 0 aliphatic carbocycles. The Kier molecular flexibility index (Phi) is 6.41. The van der Waals surface area contributed by atoms with Crippen LogP contribution in [-0.2, 0) is 4.74 Å². The summed E-state index contributed by atoms with van der Waals surface area (Å²) < 4.78 is 11.2. The molecule has 1 heterocycles. The summed E-state index contributed by atoms with van der Waals surface area (Å²) in [5.41, 5.74) is 2.14. The van der Waals surface area contributed by atoms with Gasteiger partial charge in [-0.15, -0.1) is 0 Å². The molecule has 1 saturated heterocycles. The molecule has 3 rings (SSSR count). The summed E-state index contributed by atoms with van der Waals surface area (Å²) in [5.74, 6) is -0.0874. The smallest absolute Gasteiger partial charge is 0.335 e. The van der Waals surface area contributed by atoms with Crippen molar-refractivity contribution in [2.75, 3.05) is 39.5 Å². The van der Waals surface area contributed by atoms with Crippen LogP contribution in [0.4, 0.5) is 0 Å². The fraction of sp³-hybridized carbons (Fsp3) is 0.286. The molecule has 0 unspecified atom stereocenters. The van der Waals surface area contributed by atoms with Crippen molar-refractivity contribution in [2.24, 2.45) is 0 Å². The second-order valence-corrected chi connectivity index (χ2v) is 6.14. The van der Waals surface area contributed by atoms with Gasteiger partial charge in [-0.05, 0) is 35.4 Å². The van der Waals surface area contributed by atoms with Crippen LogP contribution in [0, 0.1) is 0 Å². The second kappa shape index (κ2) is 9.17. The monoisotopic (exact) mass is 353 g/mol. The van der Waals surface area contributed by atoms with Crippen LogP contribution in [0.5, 0.6) is 5.75 Å². The fourth-order valence-electron chi connectivity index (χ4n) is 2.79. The van der Waals surface area contributed by atoms with E-state index < -0.39 is 5.97 Å². The maximum atomic E-state index is 11.0. The highest BCUT2D eigenvalue weighted by atomic mass is 16.5. The number of carboxylic acids is 1. The van der Waals surface area contributed by atoms with E-state index in [-0.39, 0.29) is 5.56 Å². The molecular formula is C21H23NO4. The summed E-state index contributed by atoms with van der Waals surface area (Å²) in [7, 11) is 0. The van der Waals surface area contributed by atoms with Crippen LogP contribution in [-0.4, -0.2) is 55.4 Å². The Hall–Kier alpha value is -2.63. The molecule has 2 aromatic rings. The molecule has 0 bridgehead atoms. The summed E-state index contributed by atoms with van der Waals surface area (Å²) in [6.45, 7) is 5.05. The number of aromatic carboxylic acids is 1. The van der Waals surface area contributed by atoms with Gasteiger partial charge in [0.15, 0.2) is 0 Å². The SMILES string of the molecule is O=C(O)c1cccc(/C=C/c2cccc(OCCN3CCOCC3)c2)c1. The normalized spacial score (nSPS) is 15.2. The standard InChI is InChI=1S/C21H23NO4/c23-21(24)19-5-1-3-17(15-19)7-8-18-4-2-6-20(16-18)26-14-11-22-9-12-25-13-10-22/h1-8,15-16H,9-14H2,(H,23,24)/b8-7+. The highest BCUT2D eigenvalue weighted by Crippen LogP contribution is 2.16. The second-order valence-electron chi connectivity index (χ2n) is 6.14. The molecule has 1 fully saturated rings. The molecule has 0 saturated carbocycles. The number of morpholine rings is 1. The summed E-state index contributed by atoms with van der Waals surface area (Å²) >= 11 is 0. The molecule has 0 aromatic heterocycles. The van der Waals surface area contributed by atoms with Crippen molar-refractivity contribution < 1.29 is 19.4 Å². The van der Waals surface area contributed by atoms with Gasteiger partial charge in [-0.25, -0.2) is 4.79 Å². The number of carbonyl (C=O) groups is 1. The van der Waals surface area contributed by atoms with Gasteiger partial charge >= 0.3 is 5.97 Å². The molecule has 26 heavy (non-hydrogen) atoms. The molecular weight excluding hydrogens is 330 g/mol. The third kappa shape index (κ3) is 5.44. The Labute approximate surface area is 153 Å².